The normalized spacial score (nSPS) is 10.4. The molecule has 1 aromatic carbocycles. The molecule has 0 aliphatic heterocycles. The van der Waals surface area contributed by atoms with Crippen LogP contribution in [-0.2, 0) is 18.4 Å². The smallest absolute Gasteiger partial charge is 0.338 e. The molecule has 5 nitrogen and oxygen atoms in total. The van der Waals surface area contributed by atoms with Crippen molar-refractivity contribution in [3.63, 3.8) is 0 Å². The fraction of sp³-hybridized carbons (Fsp3) is 0.286. The van der Waals surface area contributed by atoms with Crippen LogP contribution in [0.15, 0.2) is 35.4 Å². The first-order chi connectivity index (χ1) is 10.2. The van der Waals surface area contributed by atoms with Gasteiger partial charge in [-0.3, -0.25) is 4.68 Å². The fourth-order valence-corrected chi connectivity index (χ4v) is 2.46. The number of esters is 1. The average Bonchev–Trinajstić information content (AvgIpc) is 2.91. The van der Waals surface area contributed by atoms with Crippen LogP contribution in [0.4, 0.5) is 4.39 Å². The van der Waals surface area contributed by atoms with E-state index in [9.17, 15) is 9.18 Å². The monoisotopic (exact) mass is 310 g/mol. The van der Waals surface area contributed by atoms with Crippen LogP contribution in [-0.4, -0.2) is 28.9 Å². The lowest BCUT2D eigenvalue weighted by atomic mass is 10.1. The number of methoxy groups -OCH3 is 1. The molecular formula is C14H15FN2O3S. The summed E-state index contributed by atoms with van der Waals surface area (Å²) in [7, 11) is 3.08. The molecule has 7 heteroatoms. The highest BCUT2D eigenvalue weighted by molar-refractivity contribution is 7.99. The number of rotatable bonds is 6. The molecule has 0 saturated heterocycles. The molecule has 0 aliphatic carbocycles. The number of aromatic nitrogens is 2. The fourth-order valence-electron chi connectivity index (χ4n) is 1.83. The van der Waals surface area contributed by atoms with Crippen molar-refractivity contribution in [1.82, 2.24) is 9.78 Å². The molecule has 0 bridgehead atoms. The summed E-state index contributed by atoms with van der Waals surface area (Å²) in [5.41, 5.74) is 0.963. The second kappa shape index (κ2) is 7.12. The van der Waals surface area contributed by atoms with Gasteiger partial charge in [-0.05, 0) is 12.1 Å². The summed E-state index contributed by atoms with van der Waals surface area (Å²) >= 11 is 1.00. The Bertz CT molecular complexity index is 630. The lowest BCUT2D eigenvalue weighted by molar-refractivity contribution is 0.0597. The van der Waals surface area contributed by atoms with E-state index in [-0.39, 0.29) is 6.61 Å². The third kappa shape index (κ3) is 3.75. The molecule has 0 N–H and O–H groups in total. The van der Waals surface area contributed by atoms with Gasteiger partial charge in [0.1, 0.15) is 12.6 Å². The molecule has 1 aromatic heterocycles. The number of ether oxygens (including phenoxy) is 2. The third-order valence-corrected chi connectivity index (χ3v) is 3.60. The van der Waals surface area contributed by atoms with Crippen molar-refractivity contribution in [3.8, 4) is 5.88 Å². The minimum Gasteiger partial charge on any atom is -0.472 e. The molecule has 2 aromatic rings. The maximum absolute atomic E-state index is 12.6. The zero-order valence-corrected chi connectivity index (χ0v) is 12.5. The Balaban J connectivity index is 2.27. The maximum atomic E-state index is 12.6. The minimum atomic E-state index is -0.582. The highest BCUT2D eigenvalue weighted by atomic mass is 32.2. The molecule has 1 heterocycles. The van der Waals surface area contributed by atoms with E-state index in [1.807, 2.05) is 0 Å². The summed E-state index contributed by atoms with van der Waals surface area (Å²) in [4.78, 5) is 12.5. The molecule has 0 atom stereocenters. The van der Waals surface area contributed by atoms with E-state index in [1.54, 1.807) is 42.2 Å². The second-order valence-electron chi connectivity index (χ2n) is 4.14. The number of thioether (sulfide) groups is 1. The highest BCUT2D eigenvalue weighted by Crippen LogP contribution is 2.27. The quantitative estimate of drug-likeness (QED) is 0.606. The molecule has 2 rings (SSSR count). The number of hydrogen-bond acceptors (Lipinski definition) is 5. The molecule has 112 valence electrons. The van der Waals surface area contributed by atoms with Crippen LogP contribution >= 0.6 is 11.8 Å². The Hall–Kier alpha value is -2.02. The largest absolute Gasteiger partial charge is 0.472 e. The van der Waals surface area contributed by atoms with Gasteiger partial charge in [0.2, 0.25) is 5.88 Å². The van der Waals surface area contributed by atoms with Crippen LogP contribution in [0.2, 0.25) is 0 Å². The number of hydrogen-bond donors (Lipinski definition) is 0. The Morgan fingerprint density at radius 3 is 2.86 bits per heavy atom. The van der Waals surface area contributed by atoms with Crippen LogP contribution in [0.3, 0.4) is 0 Å². The maximum Gasteiger partial charge on any atom is 0.338 e. The van der Waals surface area contributed by atoms with E-state index in [0.717, 1.165) is 11.8 Å². The van der Waals surface area contributed by atoms with Crippen molar-refractivity contribution in [2.75, 3.05) is 13.1 Å². The molecule has 0 radical (unpaired) electrons. The first-order valence-corrected chi connectivity index (χ1v) is 7.15. The summed E-state index contributed by atoms with van der Waals surface area (Å²) < 4.78 is 24.5. The number of alkyl halides is 1. The molecule has 0 aliphatic rings. The van der Waals surface area contributed by atoms with E-state index < -0.39 is 12.0 Å². The van der Waals surface area contributed by atoms with Crippen molar-refractivity contribution in [3.05, 3.63) is 41.6 Å². The van der Waals surface area contributed by atoms with E-state index >= 15 is 0 Å². The van der Waals surface area contributed by atoms with E-state index in [1.165, 1.54) is 7.11 Å². The van der Waals surface area contributed by atoms with E-state index in [0.29, 0.717) is 21.9 Å². The van der Waals surface area contributed by atoms with Crippen LogP contribution in [0.5, 0.6) is 5.88 Å². The molecule has 0 fully saturated rings. The molecule has 21 heavy (non-hydrogen) atoms. The topological polar surface area (TPSA) is 53.4 Å². The number of halogens is 1. The number of carbonyl (C=O) groups excluding carboxylic acids is 1. The summed E-state index contributed by atoms with van der Waals surface area (Å²) in [6.07, 6.45) is 1.75. The second-order valence-corrected chi connectivity index (χ2v) is 5.09. The molecule has 0 amide bonds. The van der Waals surface area contributed by atoms with Crippen molar-refractivity contribution < 1.29 is 18.7 Å². The predicted molar refractivity (Wildman–Crippen MR) is 77.2 cm³/mol. The van der Waals surface area contributed by atoms with Crippen molar-refractivity contribution in [2.24, 2.45) is 7.05 Å². The lowest BCUT2D eigenvalue weighted by Crippen LogP contribution is -2.09. The van der Waals surface area contributed by atoms with Crippen LogP contribution in [0, 0.1) is 0 Å². The van der Waals surface area contributed by atoms with Gasteiger partial charge in [0.05, 0.1) is 12.7 Å². The van der Waals surface area contributed by atoms with Gasteiger partial charge in [0, 0.05) is 29.8 Å². The molecule has 0 saturated carbocycles. The van der Waals surface area contributed by atoms with Crippen molar-refractivity contribution in [1.29, 1.82) is 0 Å². The zero-order chi connectivity index (χ0) is 15.2. The Morgan fingerprint density at radius 1 is 1.43 bits per heavy atom. The SMILES string of the molecule is COC(=O)c1cccc(SCF)c1COc1ccn(C)n1. The third-order valence-electron chi connectivity index (χ3n) is 2.80. The molecular weight excluding hydrogens is 295 g/mol. The summed E-state index contributed by atoms with van der Waals surface area (Å²) in [6, 6.07) is 6.19. The lowest BCUT2D eigenvalue weighted by Gasteiger charge is -2.12. The Kier molecular flexibility index (Phi) is 5.21. The standard InChI is InChI=1S/C14H15FN2O3S/c1-17-7-6-13(16-17)20-8-11-10(14(18)19-2)4-3-5-12(11)21-9-15/h3-7H,8-9H2,1-2H3. The zero-order valence-electron chi connectivity index (χ0n) is 11.7. The van der Waals surface area contributed by atoms with Gasteiger partial charge in [-0.1, -0.05) is 17.8 Å². The first-order valence-electron chi connectivity index (χ1n) is 6.17. The van der Waals surface area contributed by atoms with Gasteiger partial charge in [0.25, 0.3) is 0 Å². The van der Waals surface area contributed by atoms with Gasteiger partial charge in [-0.2, -0.15) is 0 Å². The average molecular weight is 310 g/mol. The summed E-state index contributed by atoms with van der Waals surface area (Å²) in [5.74, 6) is -0.0377. The van der Waals surface area contributed by atoms with Gasteiger partial charge < -0.3 is 9.47 Å². The summed E-state index contributed by atoms with van der Waals surface area (Å²) in [6.45, 7) is 0.116. The van der Waals surface area contributed by atoms with Gasteiger partial charge >= 0.3 is 5.97 Å². The first kappa shape index (κ1) is 15.4. The van der Waals surface area contributed by atoms with Gasteiger partial charge in [-0.15, -0.1) is 5.10 Å². The summed E-state index contributed by atoms with van der Waals surface area (Å²) in [5, 5.41) is 4.09. The van der Waals surface area contributed by atoms with Crippen LogP contribution in [0.1, 0.15) is 15.9 Å². The minimum absolute atomic E-state index is 0.116. The van der Waals surface area contributed by atoms with Gasteiger partial charge in [0.15, 0.2) is 0 Å². The van der Waals surface area contributed by atoms with Crippen molar-refractivity contribution in [2.45, 2.75) is 11.5 Å². The Morgan fingerprint density at radius 2 is 2.24 bits per heavy atom. The van der Waals surface area contributed by atoms with Gasteiger partial charge in [-0.25, -0.2) is 9.18 Å². The molecule has 0 unspecified atom stereocenters. The number of nitrogens with zero attached hydrogens (tertiary/aromatic N) is 2. The van der Waals surface area contributed by atoms with Crippen LogP contribution < -0.4 is 4.74 Å². The Labute approximate surface area is 126 Å². The highest BCUT2D eigenvalue weighted by Gasteiger charge is 2.16. The number of benzene rings is 1. The van der Waals surface area contributed by atoms with E-state index in [2.05, 4.69) is 5.10 Å². The van der Waals surface area contributed by atoms with Crippen molar-refractivity contribution >= 4 is 17.7 Å². The number of aryl methyl sites for hydroxylation is 1. The van der Waals surface area contributed by atoms with Crippen LogP contribution in [0.25, 0.3) is 0 Å². The number of carbonyl (C=O) groups is 1. The molecule has 0 spiro atoms. The predicted octanol–water partition coefficient (Wildman–Crippen LogP) is 2.80. The van der Waals surface area contributed by atoms with E-state index in [4.69, 9.17) is 9.47 Å².